The molecule has 0 fully saturated rings. The first kappa shape index (κ1) is 13.0. The summed E-state index contributed by atoms with van der Waals surface area (Å²) < 4.78 is 6.30. The normalized spacial score (nSPS) is 11.8. The number of hydrogen-bond donors (Lipinski definition) is 0. The summed E-state index contributed by atoms with van der Waals surface area (Å²) in [5.41, 5.74) is 0.109. The third-order valence-electron chi connectivity index (χ3n) is 1.59. The number of carbonyl (C=O) groups is 1. The van der Waals surface area contributed by atoms with Gasteiger partial charge in [0.25, 0.3) is 0 Å². The first-order valence-electron chi connectivity index (χ1n) is 4.41. The molecule has 0 aliphatic rings. The molecule has 1 rings (SSSR count). The molecule has 15 heavy (non-hydrogen) atoms. The van der Waals surface area contributed by atoms with Crippen molar-refractivity contribution in [1.29, 1.82) is 0 Å². The number of halogens is 2. The first-order chi connectivity index (χ1) is 6.79. The summed E-state index contributed by atoms with van der Waals surface area (Å²) in [5.74, 6) is -0.141. The molecule has 1 heterocycles. The minimum Gasteiger partial charge on any atom is -0.368 e. The lowest BCUT2D eigenvalue weighted by atomic mass is 10.2. The van der Waals surface area contributed by atoms with E-state index in [1.807, 2.05) is 20.8 Å². The van der Waals surface area contributed by atoms with Crippen molar-refractivity contribution in [3.63, 3.8) is 0 Å². The van der Waals surface area contributed by atoms with Crippen LogP contribution < -0.4 is 0 Å². The molecule has 0 bridgehead atoms. The fourth-order valence-electron chi connectivity index (χ4n) is 0.890. The van der Waals surface area contributed by atoms with E-state index in [0.717, 1.165) is 0 Å². The summed E-state index contributed by atoms with van der Waals surface area (Å²) in [6.45, 7) is 5.70. The van der Waals surface area contributed by atoms with Crippen LogP contribution in [0.2, 0.25) is 8.67 Å². The lowest BCUT2D eigenvalue weighted by Gasteiger charge is -2.18. The molecule has 0 spiro atoms. The van der Waals surface area contributed by atoms with Gasteiger partial charge in [0.2, 0.25) is 0 Å². The lowest BCUT2D eigenvalue weighted by Crippen LogP contribution is -2.23. The highest BCUT2D eigenvalue weighted by Gasteiger charge is 2.17. The van der Waals surface area contributed by atoms with Gasteiger partial charge in [0.05, 0.1) is 15.5 Å². The average molecular weight is 267 g/mol. The maximum Gasteiger partial charge on any atom is 0.190 e. The van der Waals surface area contributed by atoms with Crippen molar-refractivity contribution in [2.24, 2.45) is 0 Å². The predicted molar refractivity (Wildman–Crippen MR) is 64.4 cm³/mol. The second-order valence-electron chi connectivity index (χ2n) is 4.06. The molecule has 0 aliphatic heterocycles. The van der Waals surface area contributed by atoms with Crippen molar-refractivity contribution in [3.05, 3.63) is 20.3 Å². The molecule has 0 aliphatic carbocycles. The van der Waals surface area contributed by atoms with E-state index in [-0.39, 0.29) is 18.0 Å². The zero-order valence-corrected chi connectivity index (χ0v) is 11.1. The number of thiophene rings is 1. The maximum absolute atomic E-state index is 11.7. The molecule has 1 aromatic rings. The molecule has 84 valence electrons. The Labute approximate surface area is 103 Å². The zero-order valence-electron chi connectivity index (χ0n) is 8.77. The van der Waals surface area contributed by atoms with Crippen LogP contribution in [-0.4, -0.2) is 18.0 Å². The van der Waals surface area contributed by atoms with Crippen LogP contribution in [0.4, 0.5) is 0 Å². The molecule has 5 heteroatoms. The first-order valence-corrected chi connectivity index (χ1v) is 5.99. The quantitative estimate of drug-likeness (QED) is 0.772. The highest BCUT2D eigenvalue weighted by Crippen LogP contribution is 2.31. The smallest absolute Gasteiger partial charge is 0.190 e. The van der Waals surface area contributed by atoms with Crippen LogP contribution in [-0.2, 0) is 4.74 Å². The van der Waals surface area contributed by atoms with Gasteiger partial charge < -0.3 is 4.74 Å². The summed E-state index contributed by atoms with van der Waals surface area (Å²) in [6, 6.07) is 1.57. The summed E-state index contributed by atoms with van der Waals surface area (Å²) in [5, 5.41) is 0. The van der Waals surface area contributed by atoms with Crippen molar-refractivity contribution in [3.8, 4) is 0 Å². The zero-order chi connectivity index (χ0) is 11.6. The van der Waals surface area contributed by atoms with E-state index in [2.05, 4.69) is 0 Å². The number of Topliss-reactive ketones (excluding diaryl/α,β-unsaturated/α-hetero) is 1. The molecule has 0 unspecified atom stereocenters. The molecular weight excluding hydrogens is 255 g/mol. The van der Waals surface area contributed by atoms with Gasteiger partial charge in [0, 0.05) is 0 Å². The highest BCUT2D eigenvalue weighted by atomic mass is 35.5. The third-order valence-corrected chi connectivity index (χ3v) is 3.08. The van der Waals surface area contributed by atoms with Crippen LogP contribution >= 0.6 is 34.5 Å². The SMILES string of the molecule is CC(C)(C)OCC(=O)c1cc(Cl)sc1Cl. The Hall–Kier alpha value is -0.0900. The van der Waals surface area contributed by atoms with Crippen molar-refractivity contribution in [2.75, 3.05) is 6.61 Å². The Balaban J connectivity index is 2.66. The van der Waals surface area contributed by atoms with Gasteiger partial charge in [-0.05, 0) is 26.8 Å². The van der Waals surface area contributed by atoms with E-state index >= 15 is 0 Å². The number of rotatable bonds is 3. The molecule has 1 aromatic heterocycles. The Bertz CT molecular complexity index is 366. The molecule has 0 atom stereocenters. The largest absolute Gasteiger partial charge is 0.368 e. The standard InChI is InChI=1S/C10H12Cl2O2S/c1-10(2,3)14-5-7(13)6-4-8(11)15-9(6)12/h4H,5H2,1-3H3. The summed E-state index contributed by atoms with van der Waals surface area (Å²) in [7, 11) is 0. The monoisotopic (exact) mass is 266 g/mol. The van der Waals surface area contributed by atoms with Gasteiger partial charge in [0.15, 0.2) is 5.78 Å². The average Bonchev–Trinajstić information content (AvgIpc) is 2.40. The minimum atomic E-state index is -0.331. The van der Waals surface area contributed by atoms with Crippen LogP contribution in [0.25, 0.3) is 0 Å². The van der Waals surface area contributed by atoms with Gasteiger partial charge in [-0.15, -0.1) is 11.3 Å². The van der Waals surface area contributed by atoms with Crippen molar-refractivity contribution in [1.82, 2.24) is 0 Å². The Kier molecular flexibility index (Phi) is 4.18. The van der Waals surface area contributed by atoms with Gasteiger partial charge in [0.1, 0.15) is 10.9 Å². The van der Waals surface area contributed by atoms with Crippen LogP contribution in [0.3, 0.4) is 0 Å². The molecule has 0 radical (unpaired) electrons. The van der Waals surface area contributed by atoms with E-state index in [0.29, 0.717) is 14.2 Å². The number of hydrogen-bond acceptors (Lipinski definition) is 3. The van der Waals surface area contributed by atoms with Crippen molar-refractivity contribution < 1.29 is 9.53 Å². The molecular formula is C10H12Cl2O2S. The van der Waals surface area contributed by atoms with E-state index in [4.69, 9.17) is 27.9 Å². The molecule has 0 amide bonds. The second kappa shape index (κ2) is 4.83. The molecule has 0 N–H and O–H groups in total. The summed E-state index contributed by atoms with van der Waals surface area (Å²) in [6.07, 6.45) is 0. The lowest BCUT2D eigenvalue weighted by molar-refractivity contribution is 0.00309. The highest BCUT2D eigenvalue weighted by molar-refractivity contribution is 7.20. The molecule has 0 saturated heterocycles. The van der Waals surface area contributed by atoms with Crippen LogP contribution in [0.15, 0.2) is 6.07 Å². The van der Waals surface area contributed by atoms with Crippen LogP contribution in [0, 0.1) is 0 Å². The minimum absolute atomic E-state index is 0.0241. The van der Waals surface area contributed by atoms with Gasteiger partial charge in [-0.2, -0.15) is 0 Å². The van der Waals surface area contributed by atoms with E-state index in [1.54, 1.807) is 6.07 Å². The summed E-state index contributed by atoms with van der Waals surface area (Å²) >= 11 is 12.8. The van der Waals surface area contributed by atoms with Gasteiger partial charge in [-0.1, -0.05) is 23.2 Å². The fourth-order valence-corrected chi connectivity index (χ4v) is 2.39. The Morgan fingerprint density at radius 1 is 1.47 bits per heavy atom. The molecule has 0 aromatic carbocycles. The van der Waals surface area contributed by atoms with Gasteiger partial charge in [-0.25, -0.2) is 0 Å². The van der Waals surface area contributed by atoms with Gasteiger partial charge in [-0.3, -0.25) is 4.79 Å². The van der Waals surface area contributed by atoms with Crippen molar-refractivity contribution in [2.45, 2.75) is 26.4 Å². The van der Waals surface area contributed by atoms with E-state index in [9.17, 15) is 4.79 Å². The predicted octanol–water partition coefficient (Wildman–Crippen LogP) is 4.05. The Morgan fingerprint density at radius 3 is 2.47 bits per heavy atom. The number of ketones is 1. The maximum atomic E-state index is 11.7. The summed E-state index contributed by atoms with van der Waals surface area (Å²) in [4.78, 5) is 11.7. The van der Waals surface area contributed by atoms with Gasteiger partial charge >= 0.3 is 0 Å². The fraction of sp³-hybridized carbons (Fsp3) is 0.500. The molecule has 0 saturated carbocycles. The molecule has 2 nitrogen and oxygen atoms in total. The Morgan fingerprint density at radius 2 is 2.07 bits per heavy atom. The third kappa shape index (κ3) is 4.11. The van der Waals surface area contributed by atoms with Crippen LogP contribution in [0.5, 0.6) is 0 Å². The topological polar surface area (TPSA) is 26.3 Å². The van der Waals surface area contributed by atoms with E-state index < -0.39 is 0 Å². The van der Waals surface area contributed by atoms with E-state index in [1.165, 1.54) is 11.3 Å². The van der Waals surface area contributed by atoms with Crippen molar-refractivity contribution >= 4 is 40.3 Å². The second-order valence-corrected chi connectivity index (χ2v) is 6.35. The van der Waals surface area contributed by atoms with Crippen LogP contribution in [0.1, 0.15) is 31.1 Å². The number of ether oxygens (including phenoxy) is 1. The number of carbonyl (C=O) groups excluding carboxylic acids is 1.